The number of amides is 1. The topological polar surface area (TPSA) is 68.3 Å². The molecule has 1 amide bonds. The second-order valence-corrected chi connectivity index (χ2v) is 7.45. The summed E-state index contributed by atoms with van der Waals surface area (Å²) >= 11 is 4.81. The first-order chi connectivity index (χ1) is 11.6. The van der Waals surface area contributed by atoms with Gasteiger partial charge in [-0.1, -0.05) is 12.1 Å². The summed E-state index contributed by atoms with van der Waals surface area (Å²) in [4.78, 5) is 29.8. The molecule has 1 unspecified atom stereocenters. The molecular weight excluding hydrogens is 392 g/mol. The second kappa shape index (κ2) is 7.44. The predicted octanol–water partition coefficient (Wildman–Crippen LogP) is 3.83. The Labute approximate surface area is 152 Å². The summed E-state index contributed by atoms with van der Waals surface area (Å²) in [5.74, 6) is -0.449. The van der Waals surface area contributed by atoms with Gasteiger partial charge >= 0.3 is 5.97 Å². The van der Waals surface area contributed by atoms with Crippen molar-refractivity contribution in [1.29, 1.82) is 0 Å². The Bertz CT molecular complexity index is 775. The molecule has 2 aromatic rings. The van der Waals surface area contributed by atoms with Crippen LogP contribution in [-0.2, 0) is 22.4 Å². The summed E-state index contributed by atoms with van der Waals surface area (Å²) in [5.41, 5.74) is 1.54. The number of aryl methyl sites for hydroxylation is 1. The van der Waals surface area contributed by atoms with Gasteiger partial charge < -0.3 is 4.74 Å². The van der Waals surface area contributed by atoms with E-state index in [0.717, 1.165) is 27.9 Å². The van der Waals surface area contributed by atoms with E-state index in [0.29, 0.717) is 23.7 Å². The minimum atomic E-state index is -0.199. The molecule has 0 spiro atoms. The van der Waals surface area contributed by atoms with Gasteiger partial charge in [0, 0.05) is 9.35 Å². The minimum Gasteiger partial charge on any atom is -0.466 e. The van der Waals surface area contributed by atoms with E-state index in [1.165, 1.54) is 11.3 Å². The summed E-state index contributed by atoms with van der Waals surface area (Å²) in [6.07, 6.45) is 2.12. The highest BCUT2D eigenvalue weighted by Gasteiger charge is 2.28. The van der Waals surface area contributed by atoms with Crippen molar-refractivity contribution in [3.8, 4) is 0 Å². The Kier molecular flexibility index (Phi) is 5.30. The molecule has 1 N–H and O–H groups in total. The molecule has 1 aliphatic rings. The standard InChI is InChI=1S/C17H17BrN2O3S/c1-2-23-16(22)10-7-8-13-14(9-10)24-17(19-13)20-15(21)11-5-3-4-6-12(11)18/h3-6,10H,2,7-9H2,1H3,(H,19,20,21). The smallest absolute Gasteiger partial charge is 0.309 e. The van der Waals surface area contributed by atoms with E-state index in [1.54, 1.807) is 6.07 Å². The van der Waals surface area contributed by atoms with E-state index in [2.05, 4.69) is 26.2 Å². The van der Waals surface area contributed by atoms with Crippen LogP contribution < -0.4 is 5.32 Å². The molecule has 1 aromatic heterocycles. The summed E-state index contributed by atoms with van der Waals surface area (Å²) < 4.78 is 5.85. The van der Waals surface area contributed by atoms with Crippen LogP contribution in [0.5, 0.6) is 0 Å². The molecule has 7 heteroatoms. The molecule has 0 saturated heterocycles. The number of fused-ring (bicyclic) bond motifs is 1. The van der Waals surface area contributed by atoms with Gasteiger partial charge in [0.05, 0.1) is 23.8 Å². The van der Waals surface area contributed by atoms with Crippen LogP contribution in [0.15, 0.2) is 28.7 Å². The van der Waals surface area contributed by atoms with Crippen LogP contribution in [0.25, 0.3) is 0 Å². The third-order valence-corrected chi connectivity index (χ3v) is 5.63. The maximum absolute atomic E-state index is 12.4. The van der Waals surface area contributed by atoms with Crippen LogP contribution in [0.3, 0.4) is 0 Å². The molecule has 0 radical (unpaired) electrons. The SMILES string of the molecule is CCOC(=O)C1CCc2nc(NC(=O)c3ccccc3Br)sc2C1. The van der Waals surface area contributed by atoms with Gasteiger partial charge in [0.2, 0.25) is 0 Å². The number of benzene rings is 1. The number of thiazole rings is 1. The molecule has 0 aliphatic heterocycles. The zero-order chi connectivity index (χ0) is 17.1. The van der Waals surface area contributed by atoms with Crippen LogP contribution in [0, 0.1) is 5.92 Å². The highest BCUT2D eigenvalue weighted by molar-refractivity contribution is 9.10. The third-order valence-electron chi connectivity index (χ3n) is 3.90. The molecule has 5 nitrogen and oxygen atoms in total. The monoisotopic (exact) mass is 408 g/mol. The van der Waals surface area contributed by atoms with Gasteiger partial charge in [0.25, 0.3) is 5.91 Å². The van der Waals surface area contributed by atoms with E-state index in [4.69, 9.17) is 4.74 Å². The zero-order valence-electron chi connectivity index (χ0n) is 13.2. The molecule has 1 heterocycles. The van der Waals surface area contributed by atoms with Crippen LogP contribution in [0.2, 0.25) is 0 Å². The first-order valence-corrected chi connectivity index (χ1v) is 9.40. The molecule has 24 heavy (non-hydrogen) atoms. The lowest BCUT2D eigenvalue weighted by Crippen LogP contribution is -2.24. The van der Waals surface area contributed by atoms with Gasteiger partial charge in [-0.2, -0.15) is 0 Å². The number of carbonyl (C=O) groups excluding carboxylic acids is 2. The summed E-state index contributed by atoms with van der Waals surface area (Å²) in [7, 11) is 0. The lowest BCUT2D eigenvalue weighted by molar-refractivity contribution is -0.148. The van der Waals surface area contributed by atoms with Gasteiger partial charge in [-0.15, -0.1) is 11.3 Å². The van der Waals surface area contributed by atoms with Gasteiger partial charge in [0.1, 0.15) is 0 Å². The number of carbonyl (C=O) groups is 2. The van der Waals surface area contributed by atoms with Crippen LogP contribution in [0.1, 0.15) is 34.3 Å². The molecule has 126 valence electrons. The van der Waals surface area contributed by atoms with Crippen molar-refractivity contribution in [2.45, 2.75) is 26.2 Å². The lowest BCUT2D eigenvalue weighted by Gasteiger charge is -2.18. The maximum Gasteiger partial charge on any atom is 0.309 e. The molecule has 0 bridgehead atoms. The van der Waals surface area contributed by atoms with Gasteiger partial charge in [-0.25, -0.2) is 4.98 Å². The van der Waals surface area contributed by atoms with Gasteiger partial charge in [-0.3, -0.25) is 14.9 Å². The van der Waals surface area contributed by atoms with E-state index >= 15 is 0 Å². The van der Waals surface area contributed by atoms with Crippen molar-refractivity contribution in [2.75, 3.05) is 11.9 Å². The number of ether oxygens (including phenoxy) is 1. The fraction of sp³-hybridized carbons (Fsp3) is 0.353. The lowest BCUT2D eigenvalue weighted by atomic mass is 9.91. The average molecular weight is 409 g/mol. The Morgan fingerprint density at radius 3 is 2.96 bits per heavy atom. The van der Waals surface area contributed by atoms with E-state index < -0.39 is 0 Å². The number of nitrogens with one attached hydrogen (secondary N) is 1. The normalized spacial score (nSPS) is 16.3. The number of halogens is 1. The van der Waals surface area contributed by atoms with Crippen molar-refractivity contribution >= 4 is 44.3 Å². The minimum absolute atomic E-state index is 0.107. The Morgan fingerprint density at radius 2 is 2.21 bits per heavy atom. The summed E-state index contributed by atoms with van der Waals surface area (Å²) in [6, 6.07) is 7.25. The molecule has 0 fully saturated rings. The van der Waals surface area contributed by atoms with Crippen molar-refractivity contribution in [3.05, 3.63) is 44.9 Å². The predicted molar refractivity (Wildman–Crippen MR) is 96.4 cm³/mol. The number of rotatable bonds is 4. The number of esters is 1. The number of hydrogen-bond acceptors (Lipinski definition) is 5. The molecule has 1 aliphatic carbocycles. The highest BCUT2D eigenvalue weighted by atomic mass is 79.9. The third kappa shape index (κ3) is 3.67. The molecule has 1 aromatic carbocycles. The van der Waals surface area contributed by atoms with E-state index in [1.807, 2.05) is 25.1 Å². The largest absolute Gasteiger partial charge is 0.466 e. The van der Waals surface area contributed by atoms with Gasteiger partial charge in [0.15, 0.2) is 5.13 Å². The Morgan fingerprint density at radius 1 is 1.42 bits per heavy atom. The summed E-state index contributed by atoms with van der Waals surface area (Å²) in [6.45, 7) is 2.21. The molecule has 1 atom stereocenters. The van der Waals surface area contributed by atoms with Crippen molar-refractivity contribution < 1.29 is 14.3 Å². The summed E-state index contributed by atoms with van der Waals surface area (Å²) in [5, 5.41) is 3.42. The number of hydrogen-bond donors (Lipinski definition) is 1. The number of anilines is 1. The van der Waals surface area contributed by atoms with Crippen molar-refractivity contribution in [3.63, 3.8) is 0 Å². The first-order valence-electron chi connectivity index (χ1n) is 7.79. The van der Waals surface area contributed by atoms with Crippen LogP contribution >= 0.6 is 27.3 Å². The second-order valence-electron chi connectivity index (χ2n) is 5.51. The fourth-order valence-corrected chi connectivity index (χ4v) is 4.25. The van der Waals surface area contributed by atoms with Crippen molar-refractivity contribution in [2.24, 2.45) is 5.92 Å². The molecule has 3 rings (SSSR count). The fourth-order valence-electron chi connectivity index (χ4n) is 2.70. The Hall–Kier alpha value is -1.73. The number of aromatic nitrogens is 1. The first kappa shape index (κ1) is 17.1. The van der Waals surface area contributed by atoms with Crippen LogP contribution in [-0.4, -0.2) is 23.5 Å². The molecule has 0 saturated carbocycles. The Balaban J connectivity index is 1.71. The van der Waals surface area contributed by atoms with Crippen LogP contribution in [0.4, 0.5) is 5.13 Å². The quantitative estimate of drug-likeness (QED) is 0.780. The van der Waals surface area contributed by atoms with E-state index in [9.17, 15) is 9.59 Å². The van der Waals surface area contributed by atoms with Crippen molar-refractivity contribution in [1.82, 2.24) is 4.98 Å². The average Bonchev–Trinajstić information content (AvgIpc) is 2.96. The highest BCUT2D eigenvalue weighted by Crippen LogP contribution is 2.33. The van der Waals surface area contributed by atoms with E-state index in [-0.39, 0.29) is 17.8 Å². The molecular formula is C17H17BrN2O3S. The van der Waals surface area contributed by atoms with Gasteiger partial charge in [-0.05, 0) is 54.2 Å². The zero-order valence-corrected chi connectivity index (χ0v) is 15.6. The maximum atomic E-state index is 12.4. The number of nitrogens with zero attached hydrogens (tertiary/aromatic N) is 1.